The zero-order valence-electron chi connectivity index (χ0n) is 13.0. The van der Waals surface area contributed by atoms with E-state index in [1.807, 2.05) is 32.2 Å². The number of carbonyl (C=O) groups is 1. The van der Waals surface area contributed by atoms with Gasteiger partial charge in [0.25, 0.3) is 0 Å². The van der Waals surface area contributed by atoms with Gasteiger partial charge in [-0.3, -0.25) is 9.20 Å². The van der Waals surface area contributed by atoms with Crippen molar-refractivity contribution in [3.8, 4) is 5.75 Å². The van der Waals surface area contributed by atoms with Gasteiger partial charge in [-0.2, -0.15) is 0 Å². The van der Waals surface area contributed by atoms with E-state index in [1.165, 1.54) is 0 Å². The van der Waals surface area contributed by atoms with E-state index in [2.05, 4.69) is 4.98 Å². The number of aryl methyl sites for hydroxylation is 1. The highest BCUT2D eigenvalue weighted by Crippen LogP contribution is 2.24. The van der Waals surface area contributed by atoms with E-state index in [4.69, 9.17) is 4.74 Å². The molecule has 2 aromatic rings. The van der Waals surface area contributed by atoms with Crippen LogP contribution in [-0.2, 0) is 0 Å². The number of imidazole rings is 1. The van der Waals surface area contributed by atoms with Crippen molar-refractivity contribution in [2.75, 3.05) is 6.61 Å². The lowest BCUT2D eigenvalue weighted by molar-refractivity contribution is 0.0631. The monoisotopic (exact) mass is 290 g/mol. The minimum atomic E-state index is -0.847. The fourth-order valence-corrected chi connectivity index (χ4v) is 2.30. The lowest BCUT2D eigenvalue weighted by Crippen LogP contribution is -2.20. The molecule has 0 spiro atoms. The number of Topliss-reactive ketones (excluding diaryl/α,β-unsaturated/α-hetero) is 1. The molecule has 21 heavy (non-hydrogen) atoms. The van der Waals surface area contributed by atoms with Crippen LogP contribution in [-0.4, -0.2) is 32.5 Å². The summed E-state index contributed by atoms with van der Waals surface area (Å²) in [5, 5.41) is 9.77. The summed E-state index contributed by atoms with van der Waals surface area (Å²) in [6.07, 6.45) is 2.52. The molecule has 0 amide bonds. The molecule has 0 aliphatic rings. The van der Waals surface area contributed by atoms with Gasteiger partial charge in [0.1, 0.15) is 5.69 Å². The number of pyridine rings is 1. The highest BCUT2D eigenvalue weighted by atomic mass is 16.5. The SMILES string of the molecule is CCOc1cccn2c(C(=O)CCC(C)(C)O)c(C)nc12. The van der Waals surface area contributed by atoms with Crippen LogP contribution < -0.4 is 4.74 Å². The van der Waals surface area contributed by atoms with Gasteiger partial charge < -0.3 is 9.84 Å². The van der Waals surface area contributed by atoms with Crippen LogP contribution in [0.25, 0.3) is 5.65 Å². The standard InChI is InChI=1S/C16H22N2O3/c1-5-21-13-7-6-10-18-14(11(2)17-15(13)18)12(19)8-9-16(3,4)20/h6-7,10,20H,5,8-9H2,1-4H3. The van der Waals surface area contributed by atoms with Crippen molar-refractivity contribution in [1.29, 1.82) is 0 Å². The maximum atomic E-state index is 12.4. The van der Waals surface area contributed by atoms with Crippen molar-refractivity contribution in [3.05, 3.63) is 29.7 Å². The van der Waals surface area contributed by atoms with Gasteiger partial charge in [-0.25, -0.2) is 4.98 Å². The van der Waals surface area contributed by atoms with Crippen LogP contribution in [0.4, 0.5) is 0 Å². The third-order valence-corrected chi connectivity index (χ3v) is 3.32. The zero-order chi connectivity index (χ0) is 15.6. The third kappa shape index (κ3) is 3.42. The average Bonchev–Trinajstić information content (AvgIpc) is 2.73. The van der Waals surface area contributed by atoms with Gasteiger partial charge in [0, 0.05) is 12.6 Å². The van der Waals surface area contributed by atoms with E-state index in [9.17, 15) is 9.90 Å². The molecule has 0 radical (unpaired) electrons. The number of hydrogen-bond donors (Lipinski definition) is 1. The van der Waals surface area contributed by atoms with Gasteiger partial charge in [0.15, 0.2) is 17.2 Å². The minimum absolute atomic E-state index is 0.0178. The Labute approximate surface area is 124 Å². The van der Waals surface area contributed by atoms with Gasteiger partial charge in [-0.1, -0.05) is 0 Å². The summed E-state index contributed by atoms with van der Waals surface area (Å²) in [4.78, 5) is 16.9. The van der Waals surface area contributed by atoms with E-state index < -0.39 is 5.60 Å². The first kappa shape index (κ1) is 15.5. The first-order chi connectivity index (χ1) is 9.83. The maximum absolute atomic E-state index is 12.4. The summed E-state index contributed by atoms with van der Waals surface area (Å²) in [7, 11) is 0. The molecule has 114 valence electrons. The van der Waals surface area contributed by atoms with Crippen LogP contribution in [0, 0.1) is 6.92 Å². The van der Waals surface area contributed by atoms with Crippen LogP contribution in [0.1, 0.15) is 49.8 Å². The summed E-state index contributed by atoms with van der Waals surface area (Å²) in [5.41, 5.74) is 1.06. The molecule has 2 heterocycles. The molecule has 0 aliphatic carbocycles. The van der Waals surface area contributed by atoms with Gasteiger partial charge in [-0.15, -0.1) is 0 Å². The number of carbonyl (C=O) groups excluding carboxylic acids is 1. The summed E-state index contributed by atoms with van der Waals surface area (Å²) in [6.45, 7) is 7.69. The Morgan fingerprint density at radius 3 is 2.81 bits per heavy atom. The summed E-state index contributed by atoms with van der Waals surface area (Å²) >= 11 is 0. The number of ketones is 1. The number of ether oxygens (including phenoxy) is 1. The predicted octanol–water partition coefficient (Wildman–Crippen LogP) is 2.78. The number of aromatic nitrogens is 2. The van der Waals surface area contributed by atoms with E-state index in [-0.39, 0.29) is 12.2 Å². The molecule has 2 aromatic heterocycles. The first-order valence-electron chi connectivity index (χ1n) is 7.19. The van der Waals surface area contributed by atoms with Crippen molar-refractivity contribution in [2.24, 2.45) is 0 Å². The van der Waals surface area contributed by atoms with Crippen molar-refractivity contribution >= 4 is 11.4 Å². The predicted molar refractivity (Wildman–Crippen MR) is 81.0 cm³/mol. The Morgan fingerprint density at radius 1 is 1.48 bits per heavy atom. The van der Waals surface area contributed by atoms with Crippen LogP contribution in [0.3, 0.4) is 0 Å². The number of hydrogen-bond acceptors (Lipinski definition) is 4. The Kier molecular flexibility index (Phi) is 4.32. The molecule has 0 bridgehead atoms. The van der Waals surface area contributed by atoms with Crippen LogP contribution in [0.5, 0.6) is 5.75 Å². The van der Waals surface area contributed by atoms with Gasteiger partial charge in [0.2, 0.25) is 0 Å². The molecule has 0 saturated heterocycles. The minimum Gasteiger partial charge on any atom is -0.490 e. The van der Waals surface area contributed by atoms with E-state index in [0.29, 0.717) is 35.8 Å². The molecule has 5 heteroatoms. The second kappa shape index (κ2) is 5.85. The first-order valence-corrected chi connectivity index (χ1v) is 7.19. The lowest BCUT2D eigenvalue weighted by Gasteiger charge is -2.16. The Hall–Kier alpha value is -1.88. The fourth-order valence-electron chi connectivity index (χ4n) is 2.30. The second-order valence-electron chi connectivity index (χ2n) is 5.78. The molecular formula is C16H22N2O3. The third-order valence-electron chi connectivity index (χ3n) is 3.32. The summed E-state index contributed by atoms with van der Waals surface area (Å²) in [5.74, 6) is 0.653. The number of nitrogens with zero attached hydrogens (tertiary/aromatic N) is 2. The highest BCUT2D eigenvalue weighted by molar-refractivity contribution is 5.96. The van der Waals surface area contributed by atoms with E-state index in [0.717, 1.165) is 0 Å². The molecule has 5 nitrogen and oxygen atoms in total. The number of aliphatic hydroxyl groups is 1. The average molecular weight is 290 g/mol. The van der Waals surface area contributed by atoms with E-state index in [1.54, 1.807) is 18.2 Å². The van der Waals surface area contributed by atoms with Crippen molar-refractivity contribution in [2.45, 2.75) is 46.1 Å². The van der Waals surface area contributed by atoms with E-state index >= 15 is 0 Å². The van der Waals surface area contributed by atoms with Crippen LogP contribution in [0.2, 0.25) is 0 Å². The smallest absolute Gasteiger partial charge is 0.181 e. The molecule has 0 aromatic carbocycles. The largest absolute Gasteiger partial charge is 0.490 e. The molecule has 0 fully saturated rings. The molecule has 2 rings (SSSR count). The Balaban J connectivity index is 2.38. The molecule has 0 aliphatic heterocycles. The Bertz CT molecular complexity index is 653. The summed E-state index contributed by atoms with van der Waals surface area (Å²) < 4.78 is 7.32. The van der Waals surface area contributed by atoms with Crippen molar-refractivity contribution < 1.29 is 14.6 Å². The molecule has 0 atom stereocenters. The van der Waals surface area contributed by atoms with Crippen molar-refractivity contribution in [3.63, 3.8) is 0 Å². The molecule has 0 saturated carbocycles. The quantitative estimate of drug-likeness (QED) is 0.831. The second-order valence-corrected chi connectivity index (χ2v) is 5.78. The fraction of sp³-hybridized carbons (Fsp3) is 0.500. The Morgan fingerprint density at radius 2 is 2.19 bits per heavy atom. The molecule has 1 N–H and O–H groups in total. The summed E-state index contributed by atoms with van der Waals surface area (Å²) in [6, 6.07) is 3.68. The number of fused-ring (bicyclic) bond motifs is 1. The van der Waals surface area contributed by atoms with Gasteiger partial charge >= 0.3 is 0 Å². The van der Waals surface area contributed by atoms with Crippen LogP contribution in [0.15, 0.2) is 18.3 Å². The maximum Gasteiger partial charge on any atom is 0.181 e. The highest BCUT2D eigenvalue weighted by Gasteiger charge is 2.21. The zero-order valence-corrected chi connectivity index (χ0v) is 13.0. The molecular weight excluding hydrogens is 268 g/mol. The van der Waals surface area contributed by atoms with Crippen molar-refractivity contribution in [1.82, 2.24) is 9.38 Å². The lowest BCUT2D eigenvalue weighted by atomic mass is 9.99. The normalized spacial score (nSPS) is 11.9. The topological polar surface area (TPSA) is 63.8 Å². The van der Waals surface area contributed by atoms with Gasteiger partial charge in [-0.05, 0) is 46.2 Å². The van der Waals surface area contributed by atoms with Crippen LogP contribution >= 0.6 is 0 Å². The molecule has 0 unspecified atom stereocenters. The van der Waals surface area contributed by atoms with Gasteiger partial charge in [0.05, 0.1) is 17.9 Å². The number of rotatable bonds is 6.